The van der Waals surface area contributed by atoms with Crippen molar-refractivity contribution < 1.29 is 4.74 Å². The molecule has 2 heteroatoms. The minimum atomic E-state index is 0.117. The van der Waals surface area contributed by atoms with E-state index in [0.29, 0.717) is 0 Å². The van der Waals surface area contributed by atoms with Crippen molar-refractivity contribution in [2.24, 2.45) is 5.73 Å². The summed E-state index contributed by atoms with van der Waals surface area (Å²) in [4.78, 5) is 0. The average Bonchev–Trinajstić information content (AvgIpc) is 2.53. The van der Waals surface area contributed by atoms with E-state index < -0.39 is 0 Å². The SMILES string of the molecule is NC1CCOC1c1ccccc1. The molecule has 1 aliphatic rings. The third-order valence-electron chi connectivity index (χ3n) is 2.27. The first kappa shape index (κ1) is 7.77. The zero-order chi connectivity index (χ0) is 8.39. The highest BCUT2D eigenvalue weighted by Gasteiger charge is 2.25. The molecule has 0 aliphatic carbocycles. The van der Waals surface area contributed by atoms with Crippen molar-refractivity contribution in [3.63, 3.8) is 0 Å². The van der Waals surface area contributed by atoms with Gasteiger partial charge in [-0.05, 0) is 12.0 Å². The minimum Gasteiger partial charge on any atom is -0.372 e. The van der Waals surface area contributed by atoms with Gasteiger partial charge in [0.25, 0.3) is 0 Å². The van der Waals surface area contributed by atoms with E-state index in [9.17, 15) is 0 Å². The van der Waals surface area contributed by atoms with Crippen LogP contribution in [0.2, 0.25) is 0 Å². The molecule has 0 saturated carbocycles. The van der Waals surface area contributed by atoms with E-state index in [0.717, 1.165) is 13.0 Å². The first-order valence-electron chi connectivity index (χ1n) is 4.30. The number of hydrogen-bond acceptors (Lipinski definition) is 2. The Morgan fingerprint density at radius 2 is 2.00 bits per heavy atom. The molecule has 12 heavy (non-hydrogen) atoms. The second-order valence-electron chi connectivity index (χ2n) is 3.15. The Hall–Kier alpha value is -0.860. The fourth-order valence-electron chi connectivity index (χ4n) is 1.59. The molecular formula is C10H13NO. The minimum absolute atomic E-state index is 0.117. The standard InChI is InChI=1S/C10H13NO/c11-9-6-7-12-10(9)8-4-2-1-3-5-8/h1-5,9-10H,6-7,11H2. The van der Waals surface area contributed by atoms with Crippen molar-refractivity contribution in [1.29, 1.82) is 0 Å². The summed E-state index contributed by atoms with van der Waals surface area (Å²) in [5.41, 5.74) is 7.08. The summed E-state index contributed by atoms with van der Waals surface area (Å²) in [6.07, 6.45) is 1.09. The lowest BCUT2D eigenvalue weighted by Gasteiger charge is -2.14. The quantitative estimate of drug-likeness (QED) is 0.680. The molecule has 1 aromatic rings. The van der Waals surface area contributed by atoms with E-state index in [1.807, 2.05) is 18.2 Å². The Morgan fingerprint density at radius 3 is 2.58 bits per heavy atom. The van der Waals surface area contributed by atoms with Gasteiger partial charge < -0.3 is 10.5 Å². The molecule has 2 N–H and O–H groups in total. The summed E-state index contributed by atoms with van der Waals surface area (Å²) in [5, 5.41) is 0. The molecule has 2 rings (SSSR count). The molecule has 0 amide bonds. The van der Waals surface area contributed by atoms with Gasteiger partial charge >= 0.3 is 0 Å². The summed E-state index contributed by atoms with van der Waals surface area (Å²) < 4.78 is 5.53. The second kappa shape index (κ2) is 3.25. The number of ether oxygens (including phenoxy) is 1. The first-order chi connectivity index (χ1) is 5.88. The third kappa shape index (κ3) is 1.36. The number of nitrogens with two attached hydrogens (primary N) is 1. The first-order valence-corrected chi connectivity index (χ1v) is 4.30. The van der Waals surface area contributed by atoms with E-state index in [4.69, 9.17) is 10.5 Å². The van der Waals surface area contributed by atoms with Crippen LogP contribution in [0.1, 0.15) is 18.1 Å². The van der Waals surface area contributed by atoms with Gasteiger partial charge in [-0.15, -0.1) is 0 Å². The highest BCUT2D eigenvalue weighted by Crippen LogP contribution is 2.26. The molecule has 1 fully saturated rings. The van der Waals surface area contributed by atoms with Gasteiger partial charge in [0.1, 0.15) is 0 Å². The number of hydrogen-bond donors (Lipinski definition) is 1. The molecule has 0 spiro atoms. The molecule has 2 unspecified atom stereocenters. The Kier molecular flexibility index (Phi) is 2.11. The lowest BCUT2D eigenvalue weighted by Crippen LogP contribution is -2.23. The predicted molar refractivity (Wildman–Crippen MR) is 47.7 cm³/mol. The van der Waals surface area contributed by atoms with Gasteiger partial charge in [-0.1, -0.05) is 30.3 Å². The molecule has 1 saturated heterocycles. The summed E-state index contributed by atoms with van der Waals surface area (Å²) in [5.74, 6) is 0. The monoisotopic (exact) mass is 163 g/mol. The lowest BCUT2D eigenvalue weighted by molar-refractivity contribution is 0.105. The van der Waals surface area contributed by atoms with Gasteiger partial charge in [0.2, 0.25) is 0 Å². The van der Waals surface area contributed by atoms with E-state index in [-0.39, 0.29) is 12.1 Å². The molecule has 0 bridgehead atoms. The summed E-state index contributed by atoms with van der Waals surface area (Å²) in [6, 6.07) is 10.3. The Labute approximate surface area is 72.3 Å². The van der Waals surface area contributed by atoms with Crippen LogP contribution < -0.4 is 5.73 Å². The zero-order valence-electron chi connectivity index (χ0n) is 6.94. The van der Waals surface area contributed by atoms with Crippen LogP contribution in [-0.2, 0) is 4.74 Å². The number of benzene rings is 1. The van der Waals surface area contributed by atoms with Gasteiger partial charge in [0.15, 0.2) is 0 Å². The number of rotatable bonds is 1. The molecular weight excluding hydrogens is 150 g/mol. The molecule has 2 nitrogen and oxygen atoms in total. The summed E-state index contributed by atoms with van der Waals surface area (Å²) in [7, 11) is 0. The second-order valence-corrected chi connectivity index (χ2v) is 3.15. The van der Waals surface area contributed by atoms with Crippen LogP contribution in [-0.4, -0.2) is 12.6 Å². The summed E-state index contributed by atoms with van der Waals surface area (Å²) >= 11 is 0. The third-order valence-corrected chi connectivity index (χ3v) is 2.27. The average molecular weight is 163 g/mol. The maximum atomic E-state index is 5.89. The molecule has 64 valence electrons. The van der Waals surface area contributed by atoms with Gasteiger partial charge in [-0.2, -0.15) is 0 Å². The zero-order valence-corrected chi connectivity index (χ0v) is 6.94. The van der Waals surface area contributed by atoms with Crippen LogP contribution in [0.4, 0.5) is 0 Å². The van der Waals surface area contributed by atoms with Crippen LogP contribution in [0, 0.1) is 0 Å². The normalized spacial score (nSPS) is 29.1. The Balaban J connectivity index is 2.19. The Morgan fingerprint density at radius 1 is 1.25 bits per heavy atom. The van der Waals surface area contributed by atoms with Gasteiger partial charge in [0, 0.05) is 12.6 Å². The topological polar surface area (TPSA) is 35.2 Å². The van der Waals surface area contributed by atoms with Crippen LogP contribution in [0.3, 0.4) is 0 Å². The largest absolute Gasteiger partial charge is 0.372 e. The summed E-state index contributed by atoms with van der Waals surface area (Å²) in [6.45, 7) is 0.792. The maximum Gasteiger partial charge on any atom is 0.0976 e. The van der Waals surface area contributed by atoms with E-state index in [1.165, 1.54) is 5.56 Å². The van der Waals surface area contributed by atoms with Gasteiger partial charge in [0.05, 0.1) is 6.10 Å². The maximum absolute atomic E-state index is 5.89. The highest BCUT2D eigenvalue weighted by atomic mass is 16.5. The van der Waals surface area contributed by atoms with Gasteiger partial charge in [-0.3, -0.25) is 0 Å². The van der Waals surface area contributed by atoms with Crippen molar-refractivity contribution in [1.82, 2.24) is 0 Å². The van der Waals surface area contributed by atoms with E-state index >= 15 is 0 Å². The van der Waals surface area contributed by atoms with Crippen molar-refractivity contribution in [3.8, 4) is 0 Å². The lowest BCUT2D eigenvalue weighted by atomic mass is 10.0. The van der Waals surface area contributed by atoms with Crippen molar-refractivity contribution in [3.05, 3.63) is 35.9 Å². The van der Waals surface area contributed by atoms with E-state index in [1.54, 1.807) is 0 Å². The van der Waals surface area contributed by atoms with Crippen LogP contribution in [0.25, 0.3) is 0 Å². The smallest absolute Gasteiger partial charge is 0.0976 e. The van der Waals surface area contributed by atoms with Crippen molar-refractivity contribution >= 4 is 0 Å². The Bertz CT molecular complexity index is 247. The molecule has 1 aromatic carbocycles. The molecule has 0 aromatic heterocycles. The van der Waals surface area contributed by atoms with Crippen LogP contribution in [0.15, 0.2) is 30.3 Å². The molecule has 1 aliphatic heterocycles. The van der Waals surface area contributed by atoms with Crippen molar-refractivity contribution in [2.75, 3.05) is 6.61 Å². The fourth-order valence-corrected chi connectivity index (χ4v) is 1.59. The van der Waals surface area contributed by atoms with E-state index in [2.05, 4.69) is 12.1 Å². The van der Waals surface area contributed by atoms with Crippen LogP contribution >= 0.6 is 0 Å². The fraction of sp³-hybridized carbons (Fsp3) is 0.400. The molecule has 1 heterocycles. The molecule has 2 atom stereocenters. The van der Waals surface area contributed by atoms with Crippen molar-refractivity contribution in [2.45, 2.75) is 18.6 Å². The van der Waals surface area contributed by atoms with Gasteiger partial charge in [-0.25, -0.2) is 0 Å². The highest BCUT2D eigenvalue weighted by molar-refractivity contribution is 5.19. The van der Waals surface area contributed by atoms with Crippen LogP contribution in [0.5, 0.6) is 0 Å². The molecule has 0 radical (unpaired) electrons. The predicted octanol–water partition coefficient (Wildman–Crippen LogP) is 1.48.